The van der Waals surface area contributed by atoms with Crippen LogP contribution in [0.5, 0.6) is 0 Å². The predicted molar refractivity (Wildman–Crippen MR) is 50.0 cm³/mol. The van der Waals surface area contributed by atoms with Crippen LogP contribution >= 0.6 is 0 Å². The molecule has 0 fully saturated rings. The highest BCUT2D eigenvalue weighted by Gasteiger charge is 1.98. The van der Waals surface area contributed by atoms with E-state index in [-0.39, 0.29) is 0 Å². The quantitative estimate of drug-likeness (QED) is 0.736. The number of hydrogen-bond donors (Lipinski definition) is 1. The van der Waals surface area contributed by atoms with Crippen molar-refractivity contribution >= 4 is 5.82 Å². The normalized spacial score (nSPS) is 10.2. The molecule has 0 radical (unpaired) electrons. The monoisotopic (exact) mass is 174 g/mol. The first-order chi connectivity index (χ1) is 6.36. The van der Waals surface area contributed by atoms with Crippen LogP contribution in [0.3, 0.4) is 0 Å². The Kier molecular flexibility index (Phi) is 1.96. The molecule has 0 aliphatic rings. The molecule has 2 N–H and O–H groups in total. The maximum Gasteiger partial charge on any atom is 0.128 e. The third kappa shape index (κ3) is 1.66. The SMILES string of the molecule is Nc1ncccc1Cn1ccnc1. The van der Waals surface area contributed by atoms with Crippen LogP contribution in [0.15, 0.2) is 37.1 Å². The Hall–Kier alpha value is -1.84. The molecule has 66 valence electrons. The minimum atomic E-state index is 0.580. The highest BCUT2D eigenvalue weighted by molar-refractivity contribution is 5.38. The van der Waals surface area contributed by atoms with Crippen LogP contribution < -0.4 is 5.73 Å². The molecule has 0 amide bonds. The molecule has 0 saturated heterocycles. The van der Waals surface area contributed by atoms with Gasteiger partial charge in [-0.3, -0.25) is 0 Å². The fraction of sp³-hybridized carbons (Fsp3) is 0.111. The van der Waals surface area contributed by atoms with Crippen molar-refractivity contribution in [1.82, 2.24) is 14.5 Å². The van der Waals surface area contributed by atoms with Crippen LogP contribution in [0.25, 0.3) is 0 Å². The summed E-state index contributed by atoms with van der Waals surface area (Å²) >= 11 is 0. The molecule has 2 heterocycles. The summed E-state index contributed by atoms with van der Waals surface area (Å²) < 4.78 is 1.95. The van der Waals surface area contributed by atoms with Gasteiger partial charge in [0.25, 0.3) is 0 Å². The molecule has 2 rings (SSSR count). The molecule has 0 aliphatic heterocycles. The first-order valence-electron chi connectivity index (χ1n) is 4.01. The number of pyridine rings is 1. The van der Waals surface area contributed by atoms with Gasteiger partial charge in [0, 0.05) is 24.2 Å². The number of nitrogens with zero attached hydrogens (tertiary/aromatic N) is 3. The molecule has 13 heavy (non-hydrogen) atoms. The second kappa shape index (κ2) is 3.26. The van der Waals surface area contributed by atoms with Gasteiger partial charge in [-0.05, 0) is 6.07 Å². The maximum atomic E-state index is 5.69. The number of aromatic nitrogens is 3. The second-order valence-electron chi connectivity index (χ2n) is 2.78. The van der Waals surface area contributed by atoms with Crippen molar-refractivity contribution in [1.29, 1.82) is 0 Å². The molecular weight excluding hydrogens is 164 g/mol. The molecule has 4 nitrogen and oxygen atoms in total. The minimum Gasteiger partial charge on any atom is -0.383 e. The summed E-state index contributed by atoms with van der Waals surface area (Å²) in [6, 6.07) is 3.84. The van der Waals surface area contributed by atoms with Gasteiger partial charge in [0.05, 0.1) is 12.9 Å². The van der Waals surface area contributed by atoms with Crippen LogP contribution in [-0.2, 0) is 6.54 Å². The molecule has 0 unspecified atom stereocenters. The first kappa shape index (κ1) is 7.79. The lowest BCUT2D eigenvalue weighted by Gasteiger charge is -2.03. The lowest BCUT2D eigenvalue weighted by atomic mass is 10.2. The molecule has 0 atom stereocenters. The average molecular weight is 174 g/mol. The Bertz CT molecular complexity index is 380. The van der Waals surface area contributed by atoms with E-state index < -0.39 is 0 Å². The number of nitrogen functional groups attached to an aromatic ring is 1. The van der Waals surface area contributed by atoms with Gasteiger partial charge in [-0.25, -0.2) is 9.97 Å². The van der Waals surface area contributed by atoms with Crippen molar-refractivity contribution in [2.24, 2.45) is 0 Å². The number of anilines is 1. The van der Waals surface area contributed by atoms with E-state index in [0.717, 1.165) is 12.1 Å². The lowest BCUT2D eigenvalue weighted by Crippen LogP contribution is -2.02. The van der Waals surface area contributed by atoms with Gasteiger partial charge in [-0.1, -0.05) is 6.07 Å². The van der Waals surface area contributed by atoms with Crippen molar-refractivity contribution < 1.29 is 0 Å². The molecule has 0 bridgehead atoms. The third-order valence-electron chi connectivity index (χ3n) is 1.84. The standard InChI is InChI=1S/C9H10N4/c10-9-8(2-1-3-12-9)6-13-5-4-11-7-13/h1-5,7H,6H2,(H2,10,12). The second-order valence-corrected chi connectivity index (χ2v) is 2.78. The summed E-state index contributed by atoms with van der Waals surface area (Å²) in [4.78, 5) is 7.95. The van der Waals surface area contributed by atoms with Crippen molar-refractivity contribution in [3.05, 3.63) is 42.6 Å². The van der Waals surface area contributed by atoms with Crippen LogP contribution in [0.4, 0.5) is 5.82 Å². The number of nitrogens with two attached hydrogens (primary N) is 1. The predicted octanol–water partition coefficient (Wildman–Crippen LogP) is 0.909. The fourth-order valence-corrected chi connectivity index (χ4v) is 1.16. The Labute approximate surface area is 76.1 Å². The zero-order valence-corrected chi connectivity index (χ0v) is 7.09. The molecule has 0 spiro atoms. The molecule has 4 heteroatoms. The Morgan fingerprint density at radius 3 is 3.00 bits per heavy atom. The fourth-order valence-electron chi connectivity index (χ4n) is 1.16. The van der Waals surface area contributed by atoms with Crippen molar-refractivity contribution in [3.8, 4) is 0 Å². The summed E-state index contributed by atoms with van der Waals surface area (Å²) in [5.41, 5.74) is 6.71. The zero-order valence-electron chi connectivity index (χ0n) is 7.09. The average Bonchev–Trinajstić information content (AvgIpc) is 2.61. The number of hydrogen-bond acceptors (Lipinski definition) is 3. The highest BCUT2D eigenvalue weighted by atomic mass is 15.0. The summed E-state index contributed by atoms with van der Waals surface area (Å²) in [6.45, 7) is 0.722. The van der Waals surface area contributed by atoms with Gasteiger partial charge in [0.2, 0.25) is 0 Å². The maximum absolute atomic E-state index is 5.69. The van der Waals surface area contributed by atoms with Crippen molar-refractivity contribution in [2.45, 2.75) is 6.54 Å². The first-order valence-corrected chi connectivity index (χ1v) is 4.01. The topological polar surface area (TPSA) is 56.7 Å². The Balaban J connectivity index is 2.24. The molecule has 0 saturated carbocycles. The van der Waals surface area contributed by atoms with E-state index in [0.29, 0.717) is 5.82 Å². The Morgan fingerprint density at radius 2 is 2.31 bits per heavy atom. The highest BCUT2D eigenvalue weighted by Crippen LogP contribution is 2.08. The zero-order chi connectivity index (χ0) is 9.10. The van der Waals surface area contributed by atoms with Crippen LogP contribution in [0.1, 0.15) is 5.56 Å². The van der Waals surface area contributed by atoms with Crippen LogP contribution in [0.2, 0.25) is 0 Å². The molecule has 2 aromatic heterocycles. The summed E-state index contributed by atoms with van der Waals surface area (Å²) in [5.74, 6) is 0.580. The van der Waals surface area contributed by atoms with E-state index in [2.05, 4.69) is 9.97 Å². The van der Waals surface area contributed by atoms with Gasteiger partial charge >= 0.3 is 0 Å². The van der Waals surface area contributed by atoms with E-state index in [4.69, 9.17) is 5.73 Å². The Morgan fingerprint density at radius 1 is 1.38 bits per heavy atom. The van der Waals surface area contributed by atoms with Crippen LogP contribution in [0, 0.1) is 0 Å². The smallest absolute Gasteiger partial charge is 0.128 e. The number of rotatable bonds is 2. The van der Waals surface area contributed by atoms with Gasteiger partial charge in [-0.15, -0.1) is 0 Å². The summed E-state index contributed by atoms with van der Waals surface area (Å²) in [5, 5.41) is 0. The van der Waals surface area contributed by atoms with E-state index in [1.807, 2.05) is 22.9 Å². The van der Waals surface area contributed by atoms with E-state index in [9.17, 15) is 0 Å². The minimum absolute atomic E-state index is 0.580. The molecular formula is C9H10N4. The van der Waals surface area contributed by atoms with E-state index in [1.165, 1.54) is 0 Å². The van der Waals surface area contributed by atoms with E-state index in [1.54, 1.807) is 18.7 Å². The largest absolute Gasteiger partial charge is 0.383 e. The van der Waals surface area contributed by atoms with Gasteiger partial charge in [0.1, 0.15) is 5.82 Å². The number of imidazole rings is 1. The van der Waals surface area contributed by atoms with Gasteiger partial charge in [-0.2, -0.15) is 0 Å². The van der Waals surface area contributed by atoms with Gasteiger partial charge in [0.15, 0.2) is 0 Å². The summed E-state index contributed by atoms with van der Waals surface area (Å²) in [7, 11) is 0. The van der Waals surface area contributed by atoms with Crippen molar-refractivity contribution in [3.63, 3.8) is 0 Å². The molecule has 2 aromatic rings. The lowest BCUT2D eigenvalue weighted by molar-refractivity contribution is 0.796. The van der Waals surface area contributed by atoms with Crippen LogP contribution in [-0.4, -0.2) is 14.5 Å². The third-order valence-corrected chi connectivity index (χ3v) is 1.84. The van der Waals surface area contributed by atoms with E-state index >= 15 is 0 Å². The molecule has 0 aliphatic carbocycles. The van der Waals surface area contributed by atoms with Gasteiger partial charge < -0.3 is 10.3 Å². The summed E-state index contributed by atoms with van der Waals surface area (Å²) in [6.07, 6.45) is 7.08. The molecule has 0 aromatic carbocycles. The van der Waals surface area contributed by atoms with Crippen molar-refractivity contribution in [2.75, 3.05) is 5.73 Å².